The van der Waals surface area contributed by atoms with Crippen molar-refractivity contribution in [3.8, 4) is 22.9 Å². The Morgan fingerprint density at radius 2 is 2.05 bits per heavy atom. The van der Waals surface area contributed by atoms with Gasteiger partial charge in [-0.15, -0.1) is 0 Å². The third kappa shape index (κ3) is 1.95. The lowest BCUT2D eigenvalue weighted by Gasteiger charge is -2.12. The number of nitrogens with one attached hydrogen (secondary N) is 1. The van der Waals surface area contributed by atoms with Gasteiger partial charge in [-0.05, 0) is 31.4 Å². The number of aryl methyl sites for hydroxylation is 1. The number of hydrogen-bond acceptors (Lipinski definition) is 4. The van der Waals surface area contributed by atoms with Crippen molar-refractivity contribution in [3.05, 3.63) is 39.8 Å². The molecule has 0 saturated heterocycles. The van der Waals surface area contributed by atoms with E-state index < -0.39 is 0 Å². The summed E-state index contributed by atoms with van der Waals surface area (Å²) >= 11 is 0. The Morgan fingerprint density at radius 1 is 1.20 bits per heavy atom. The molecule has 0 saturated carbocycles. The zero-order valence-electron chi connectivity index (χ0n) is 11.5. The third-order valence-corrected chi connectivity index (χ3v) is 3.60. The summed E-state index contributed by atoms with van der Waals surface area (Å²) in [7, 11) is 3.16. The molecule has 5 nitrogen and oxygen atoms in total. The second-order valence-corrected chi connectivity index (χ2v) is 4.73. The maximum absolute atomic E-state index is 12.1. The first-order chi connectivity index (χ1) is 9.74. The number of ether oxygens (including phenoxy) is 2. The van der Waals surface area contributed by atoms with Crippen LogP contribution >= 0.6 is 0 Å². The van der Waals surface area contributed by atoms with Gasteiger partial charge in [-0.1, -0.05) is 6.07 Å². The molecule has 0 amide bonds. The Balaban J connectivity index is 2.19. The van der Waals surface area contributed by atoms with Crippen LogP contribution in [0.1, 0.15) is 17.7 Å². The van der Waals surface area contributed by atoms with E-state index in [9.17, 15) is 4.79 Å². The molecule has 0 unspecified atom stereocenters. The highest BCUT2D eigenvalue weighted by Gasteiger charge is 2.20. The standard InChI is InChI=1S/C15H16N2O3/c1-19-12-8-4-6-10(13(12)20-2)14-16-11-7-3-5-9(11)15(18)17-14/h4,6,8H,3,5,7H2,1-2H3,(H,16,17,18). The van der Waals surface area contributed by atoms with Crippen LogP contribution in [0.3, 0.4) is 0 Å². The molecule has 0 fully saturated rings. The first-order valence-electron chi connectivity index (χ1n) is 6.58. The second kappa shape index (κ2) is 5.00. The molecular formula is C15H16N2O3. The summed E-state index contributed by atoms with van der Waals surface area (Å²) < 4.78 is 10.7. The molecule has 0 spiro atoms. The number of aromatic amines is 1. The minimum atomic E-state index is -0.0487. The molecule has 3 rings (SSSR count). The maximum atomic E-state index is 12.1. The van der Waals surface area contributed by atoms with Crippen LogP contribution in [0.5, 0.6) is 11.5 Å². The number of para-hydroxylation sites is 1. The smallest absolute Gasteiger partial charge is 0.254 e. The number of methoxy groups -OCH3 is 2. The van der Waals surface area contributed by atoms with Crippen LogP contribution in [0.2, 0.25) is 0 Å². The Hall–Kier alpha value is -2.30. The first-order valence-corrected chi connectivity index (χ1v) is 6.58. The van der Waals surface area contributed by atoms with E-state index in [2.05, 4.69) is 9.97 Å². The predicted molar refractivity (Wildman–Crippen MR) is 75.4 cm³/mol. The fourth-order valence-electron chi connectivity index (χ4n) is 2.64. The quantitative estimate of drug-likeness (QED) is 0.927. The van der Waals surface area contributed by atoms with Gasteiger partial charge in [0.2, 0.25) is 0 Å². The fourth-order valence-corrected chi connectivity index (χ4v) is 2.64. The fraction of sp³-hybridized carbons (Fsp3) is 0.333. The van der Waals surface area contributed by atoms with Gasteiger partial charge in [-0.25, -0.2) is 4.98 Å². The van der Waals surface area contributed by atoms with Crippen molar-refractivity contribution in [2.45, 2.75) is 19.3 Å². The lowest BCUT2D eigenvalue weighted by molar-refractivity contribution is 0.356. The zero-order valence-corrected chi connectivity index (χ0v) is 11.5. The molecule has 1 aromatic heterocycles. The van der Waals surface area contributed by atoms with Crippen LogP contribution in [-0.4, -0.2) is 24.2 Å². The molecule has 1 heterocycles. The highest BCUT2D eigenvalue weighted by molar-refractivity contribution is 5.68. The molecule has 1 aromatic carbocycles. The minimum absolute atomic E-state index is 0.0487. The summed E-state index contributed by atoms with van der Waals surface area (Å²) in [6.07, 6.45) is 2.66. The highest BCUT2D eigenvalue weighted by Crippen LogP contribution is 2.36. The van der Waals surface area contributed by atoms with E-state index in [1.54, 1.807) is 14.2 Å². The highest BCUT2D eigenvalue weighted by atomic mass is 16.5. The molecule has 104 valence electrons. The summed E-state index contributed by atoms with van der Waals surface area (Å²) in [5.74, 6) is 1.73. The number of aromatic nitrogens is 2. The van der Waals surface area contributed by atoms with E-state index in [0.717, 1.165) is 36.1 Å². The van der Waals surface area contributed by atoms with E-state index in [1.807, 2.05) is 18.2 Å². The van der Waals surface area contributed by atoms with Crippen molar-refractivity contribution >= 4 is 0 Å². The summed E-state index contributed by atoms with van der Waals surface area (Å²) in [6.45, 7) is 0. The molecule has 2 aromatic rings. The van der Waals surface area contributed by atoms with Crippen molar-refractivity contribution in [1.29, 1.82) is 0 Å². The number of rotatable bonds is 3. The van der Waals surface area contributed by atoms with Crippen LogP contribution in [-0.2, 0) is 12.8 Å². The summed E-state index contributed by atoms with van der Waals surface area (Å²) in [5.41, 5.74) is 2.40. The summed E-state index contributed by atoms with van der Waals surface area (Å²) in [5, 5.41) is 0. The average molecular weight is 272 g/mol. The Kier molecular flexibility index (Phi) is 3.18. The summed E-state index contributed by atoms with van der Waals surface area (Å²) in [6, 6.07) is 5.53. The zero-order chi connectivity index (χ0) is 14.1. The van der Waals surface area contributed by atoms with Crippen LogP contribution in [0, 0.1) is 0 Å². The third-order valence-electron chi connectivity index (χ3n) is 3.60. The van der Waals surface area contributed by atoms with Gasteiger partial charge in [-0.3, -0.25) is 4.79 Å². The Morgan fingerprint density at radius 3 is 2.80 bits per heavy atom. The predicted octanol–water partition coefficient (Wildman–Crippen LogP) is 1.94. The SMILES string of the molecule is COc1cccc(-c2nc3c(c(=O)[nH]2)CCC3)c1OC. The molecule has 1 aliphatic carbocycles. The molecular weight excluding hydrogens is 256 g/mol. The van der Waals surface area contributed by atoms with Crippen LogP contribution in [0.4, 0.5) is 0 Å². The summed E-state index contributed by atoms with van der Waals surface area (Å²) in [4.78, 5) is 19.5. The molecule has 1 aliphatic rings. The van der Waals surface area contributed by atoms with Crippen LogP contribution < -0.4 is 15.0 Å². The number of nitrogens with zero attached hydrogens (tertiary/aromatic N) is 1. The van der Waals surface area contributed by atoms with Gasteiger partial charge in [-0.2, -0.15) is 0 Å². The van der Waals surface area contributed by atoms with Crippen molar-refractivity contribution in [1.82, 2.24) is 9.97 Å². The van der Waals surface area contributed by atoms with E-state index in [1.165, 1.54) is 0 Å². The van der Waals surface area contributed by atoms with Gasteiger partial charge in [0.15, 0.2) is 11.5 Å². The molecule has 20 heavy (non-hydrogen) atoms. The van der Waals surface area contributed by atoms with Gasteiger partial charge in [0.25, 0.3) is 5.56 Å². The monoisotopic (exact) mass is 272 g/mol. The van der Waals surface area contributed by atoms with Crippen molar-refractivity contribution < 1.29 is 9.47 Å². The maximum Gasteiger partial charge on any atom is 0.254 e. The van der Waals surface area contributed by atoms with Gasteiger partial charge in [0, 0.05) is 5.56 Å². The van der Waals surface area contributed by atoms with Crippen molar-refractivity contribution in [2.75, 3.05) is 14.2 Å². The normalized spacial score (nSPS) is 13.1. The van der Waals surface area contributed by atoms with Crippen molar-refractivity contribution in [3.63, 3.8) is 0 Å². The molecule has 0 aliphatic heterocycles. The molecule has 1 N–H and O–H groups in total. The Labute approximate surface area is 116 Å². The average Bonchev–Trinajstić information content (AvgIpc) is 2.95. The van der Waals surface area contributed by atoms with Gasteiger partial charge < -0.3 is 14.5 Å². The van der Waals surface area contributed by atoms with E-state index in [4.69, 9.17) is 9.47 Å². The number of benzene rings is 1. The topological polar surface area (TPSA) is 64.2 Å². The second-order valence-electron chi connectivity index (χ2n) is 4.73. The Bertz CT molecular complexity index is 707. The van der Waals surface area contributed by atoms with Gasteiger partial charge >= 0.3 is 0 Å². The largest absolute Gasteiger partial charge is 0.493 e. The number of H-pyrrole nitrogens is 1. The number of fused-ring (bicyclic) bond motifs is 1. The minimum Gasteiger partial charge on any atom is -0.493 e. The van der Waals surface area contributed by atoms with Gasteiger partial charge in [0.05, 0.1) is 25.5 Å². The number of hydrogen-bond donors (Lipinski definition) is 1. The van der Waals surface area contributed by atoms with Crippen LogP contribution in [0.25, 0.3) is 11.4 Å². The molecule has 0 atom stereocenters. The molecule has 5 heteroatoms. The van der Waals surface area contributed by atoms with Crippen molar-refractivity contribution in [2.24, 2.45) is 0 Å². The van der Waals surface area contributed by atoms with E-state index in [-0.39, 0.29) is 5.56 Å². The van der Waals surface area contributed by atoms with E-state index >= 15 is 0 Å². The molecule has 0 bridgehead atoms. The van der Waals surface area contributed by atoms with Crippen LogP contribution in [0.15, 0.2) is 23.0 Å². The molecule has 0 radical (unpaired) electrons. The lowest BCUT2D eigenvalue weighted by Crippen LogP contribution is -2.15. The first kappa shape index (κ1) is 12.7. The van der Waals surface area contributed by atoms with E-state index in [0.29, 0.717) is 17.3 Å². The lowest BCUT2D eigenvalue weighted by atomic mass is 10.1. The van der Waals surface area contributed by atoms with Gasteiger partial charge in [0.1, 0.15) is 5.82 Å².